The predicted octanol–water partition coefficient (Wildman–Crippen LogP) is 4.78. The normalized spacial score (nSPS) is 19.3. The van der Waals surface area contributed by atoms with E-state index in [4.69, 9.17) is 14.2 Å². The second-order valence-electron chi connectivity index (χ2n) is 15.8. The molecule has 7 rings (SSSR count). The summed E-state index contributed by atoms with van der Waals surface area (Å²) in [4.78, 5) is 81.4. The molecule has 326 valence electrons. The number of aromatic nitrogens is 1. The van der Waals surface area contributed by atoms with Crippen molar-refractivity contribution in [2.75, 3.05) is 49.3 Å². The first kappa shape index (κ1) is 43.9. The zero-order chi connectivity index (χ0) is 44.0. The molecule has 5 N–H and O–H groups in total. The predicted molar refractivity (Wildman–Crippen MR) is 216 cm³/mol. The number of hydrogen-bond acceptors (Lipinski definition) is 11. The van der Waals surface area contributed by atoms with E-state index in [1.54, 1.807) is 9.47 Å². The van der Waals surface area contributed by atoms with Crippen LogP contribution in [0.1, 0.15) is 53.2 Å². The Hall–Kier alpha value is -5.16. The average Bonchev–Trinajstić information content (AvgIpc) is 3.96. The molecule has 2 aliphatic heterocycles. The third-order valence-electron chi connectivity index (χ3n) is 11.1. The molecule has 3 heterocycles. The number of fused-ring (bicyclic) bond motifs is 1. The molecule has 1 aromatic heterocycles. The molecular weight excluding hydrogens is 846 g/mol. The van der Waals surface area contributed by atoms with Crippen molar-refractivity contribution in [3.8, 4) is 5.75 Å². The standard InChI is InChI=1S/C40H43F2N3O14P2/c1-60(52,53)36(61(54,55)56)15-24-4-2-23(3-5-24)14-35(46)57-21-27-19-45(39(50)59-27)26-8-9-34(31(42)16-26)58-22-40(51)10-12-43(13-11-40)33-18-32-28(17-30(33)41)37(47)29(38(48)49)20-44(32)25-6-7-25/h2-5,8-9,16-18,20,25,27,36,51H,6-7,10-15,19,21-22H2,1H3,(H,48,49)(H,52,53)(H2,54,55,56)/t27-,36?/m1/s1. The molecular formula is C40H43F2N3O14P2. The van der Waals surface area contributed by atoms with Crippen molar-refractivity contribution in [2.24, 2.45) is 0 Å². The lowest BCUT2D eigenvalue weighted by molar-refractivity contribution is -0.145. The maximum Gasteiger partial charge on any atom is 0.414 e. The van der Waals surface area contributed by atoms with Crippen LogP contribution in [0.25, 0.3) is 10.9 Å². The first-order valence-electron chi connectivity index (χ1n) is 19.3. The Morgan fingerprint density at radius 2 is 1.64 bits per heavy atom. The van der Waals surface area contributed by atoms with Crippen LogP contribution in [0.2, 0.25) is 0 Å². The number of carboxylic acids is 1. The van der Waals surface area contributed by atoms with Crippen LogP contribution in [-0.2, 0) is 36.2 Å². The summed E-state index contributed by atoms with van der Waals surface area (Å²) in [5.74, 6) is -3.77. The van der Waals surface area contributed by atoms with Gasteiger partial charge < -0.3 is 48.6 Å². The number of aliphatic hydroxyl groups is 1. The SMILES string of the molecule is CP(=O)(O)C(Cc1ccc(CC(=O)OC[C@H]2CN(c3ccc(OCC4(O)CCN(c5cc6c(cc5F)c(=O)c(C(=O)O)cn6C5CC5)CC4)c(F)c3)C(=O)O2)cc1)P(=O)(O)O. The Bertz CT molecular complexity index is 2510. The molecule has 4 aromatic rings. The summed E-state index contributed by atoms with van der Waals surface area (Å²) >= 11 is 0. The minimum atomic E-state index is -4.86. The van der Waals surface area contributed by atoms with Crippen LogP contribution >= 0.6 is 15.0 Å². The summed E-state index contributed by atoms with van der Waals surface area (Å²) in [6.07, 6.45) is 0.953. The largest absolute Gasteiger partial charge is 0.488 e. The number of hydrogen-bond donors (Lipinski definition) is 5. The average molecular weight is 890 g/mol. The monoisotopic (exact) mass is 889 g/mol. The van der Waals surface area contributed by atoms with E-state index >= 15 is 8.78 Å². The van der Waals surface area contributed by atoms with Gasteiger partial charge in [-0.25, -0.2) is 18.4 Å². The van der Waals surface area contributed by atoms with Crippen molar-refractivity contribution >= 4 is 55.3 Å². The van der Waals surface area contributed by atoms with Gasteiger partial charge in [0.1, 0.15) is 35.6 Å². The Kier molecular flexibility index (Phi) is 12.2. The van der Waals surface area contributed by atoms with E-state index in [9.17, 15) is 53.2 Å². The highest BCUT2D eigenvalue weighted by molar-refractivity contribution is 7.73. The topological polar surface area (TPSA) is 243 Å². The molecule has 0 radical (unpaired) electrons. The summed E-state index contributed by atoms with van der Waals surface area (Å²) in [7, 11) is -8.98. The molecule has 3 atom stereocenters. The molecule has 3 aromatic carbocycles. The van der Waals surface area contributed by atoms with E-state index in [1.807, 2.05) is 0 Å². The van der Waals surface area contributed by atoms with Crippen LogP contribution in [0.15, 0.2) is 65.6 Å². The van der Waals surface area contributed by atoms with Gasteiger partial charge in [-0.15, -0.1) is 0 Å². The van der Waals surface area contributed by atoms with Crippen molar-refractivity contribution in [1.82, 2.24) is 4.57 Å². The van der Waals surface area contributed by atoms with E-state index < -0.39 is 72.7 Å². The van der Waals surface area contributed by atoms with Gasteiger partial charge in [0.05, 0.1) is 29.9 Å². The number of pyridine rings is 1. The lowest BCUT2D eigenvalue weighted by Crippen LogP contribution is -2.48. The Morgan fingerprint density at radius 3 is 2.25 bits per heavy atom. The highest BCUT2D eigenvalue weighted by Crippen LogP contribution is 2.61. The Labute approximate surface area is 346 Å². The molecule has 1 saturated carbocycles. The highest BCUT2D eigenvalue weighted by atomic mass is 31.2. The molecule has 1 amide bonds. The van der Waals surface area contributed by atoms with Gasteiger partial charge in [0, 0.05) is 43.4 Å². The lowest BCUT2D eigenvalue weighted by atomic mass is 9.92. The molecule has 3 aliphatic rings. The maximum absolute atomic E-state index is 15.4. The van der Waals surface area contributed by atoms with Gasteiger partial charge in [-0.1, -0.05) is 24.3 Å². The molecule has 2 saturated heterocycles. The number of carboxylic acid groups (broad SMARTS) is 1. The summed E-state index contributed by atoms with van der Waals surface area (Å²) < 4.78 is 72.5. The number of piperidine rings is 1. The smallest absolute Gasteiger partial charge is 0.414 e. The van der Waals surface area contributed by atoms with Crippen molar-refractivity contribution in [3.05, 3.63) is 99.3 Å². The van der Waals surface area contributed by atoms with Gasteiger partial charge in [-0.2, -0.15) is 0 Å². The van der Waals surface area contributed by atoms with Crippen LogP contribution in [0.4, 0.5) is 25.0 Å². The highest BCUT2D eigenvalue weighted by Gasteiger charge is 2.41. The van der Waals surface area contributed by atoms with Crippen LogP contribution in [0.3, 0.4) is 0 Å². The summed E-state index contributed by atoms with van der Waals surface area (Å²) in [5.41, 5.74) is -0.951. The molecule has 21 heteroatoms. The van der Waals surface area contributed by atoms with Crippen molar-refractivity contribution in [3.63, 3.8) is 0 Å². The molecule has 17 nitrogen and oxygen atoms in total. The van der Waals surface area contributed by atoms with Crippen molar-refractivity contribution in [1.29, 1.82) is 0 Å². The zero-order valence-corrected chi connectivity index (χ0v) is 34.5. The minimum Gasteiger partial charge on any atom is -0.488 e. The molecule has 0 spiro atoms. The number of anilines is 2. The number of carbonyl (C=O) groups is 3. The van der Waals surface area contributed by atoms with Crippen molar-refractivity contribution in [2.45, 2.75) is 61.7 Å². The number of esters is 1. The molecule has 61 heavy (non-hydrogen) atoms. The van der Waals surface area contributed by atoms with Crippen molar-refractivity contribution < 1.29 is 71.4 Å². The van der Waals surface area contributed by atoms with Gasteiger partial charge in [-0.3, -0.25) is 23.6 Å². The van der Waals surface area contributed by atoms with Gasteiger partial charge in [-0.05, 0) is 67.5 Å². The molecule has 1 aliphatic carbocycles. The third kappa shape index (κ3) is 9.98. The van der Waals surface area contributed by atoms with Gasteiger partial charge in [0.15, 0.2) is 17.7 Å². The van der Waals surface area contributed by atoms with Gasteiger partial charge in [0.25, 0.3) is 0 Å². The van der Waals surface area contributed by atoms with E-state index in [0.29, 0.717) is 16.6 Å². The first-order valence-corrected chi connectivity index (χ1v) is 23.1. The minimum absolute atomic E-state index is 0.00556. The third-order valence-corrected chi connectivity index (χ3v) is 15.5. The number of carbonyl (C=O) groups excluding carboxylic acids is 2. The number of nitrogens with zero attached hydrogens (tertiary/aromatic N) is 3. The number of benzene rings is 3. The summed E-state index contributed by atoms with van der Waals surface area (Å²) in [6, 6.07) is 12.4. The quantitative estimate of drug-likeness (QED) is 0.0797. The molecule has 3 fully saturated rings. The summed E-state index contributed by atoms with van der Waals surface area (Å²) in [5, 5.41) is 19.0. The first-order chi connectivity index (χ1) is 28.7. The second kappa shape index (κ2) is 17.0. The second-order valence-corrected chi connectivity index (χ2v) is 20.5. The number of rotatable bonds is 15. The molecule has 2 unspecified atom stereocenters. The molecule has 0 bridgehead atoms. The van der Waals surface area contributed by atoms with E-state index in [2.05, 4.69) is 0 Å². The van der Waals surface area contributed by atoms with E-state index in [0.717, 1.165) is 36.5 Å². The van der Waals surface area contributed by atoms with Gasteiger partial charge in [0.2, 0.25) is 12.8 Å². The Balaban J connectivity index is 0.895. The number of aromatic carboxylic acids is 1. The fourth-order valence-corrected chi connectivity index (χ4v) is 10.7. The van der Waals surface area contributed by atoms with E-state index in [-0.39, 0.29) is 87.1 Å². The van der Waals surface area contributed by atoms with Crippen LogP contribution in [-0.4, -0.2) is 104 Å². The number of amides is 1. The fourth-order valence-electron chi connectivity index (χ4n) is 7.50. The Morgan fingerprint density at radius 1 is 0.967 bits per heavy atom. The van der Waals surface area contributed by atoms with Crippen LogP contribution < -0.4 is 20.0 Å². The van der Waals surface area contributed by atoms with Crippen LogP contribution in [0.5, 0.6) is 5.75 Å². The number of ether oxygens (including phenoxy) is 3. The number of halogens is 2. The van der Waals surface area contributed by atoms with E-state index in [1.165, 1.54) is 48.7 Å². The maximum atomic E-state index is 15.4. The fraction of sp³-hybridized carbons (Fsp3) is 0.400. The lowest BCUT2D eigenvalue weighted by Gasteiger charge is -2.39. The summed E-state index contributed by atoms with van der Waals surface area (Å²) in [6.45, 7) is 0.631. The van der Waals surface area contributed by atoms with Crippen LogP contribution in [0, 0.1) is 11.6 Å². The number of cyclic esters (lactones) is 1. The zero-order valence-electron chi connectivity index (χ0n) is 32.7. The van der Waals surface area contributed by atoms with Gasteiger partial charge >= 0.3 is 25.6 Å².